The van der Waals surface area contributed by atoms with E-state index in [2.05, 4.69) is 32.6 Å². The van der Waals surface area contributed by atoms with Crippen LogP contribution in [0.3, 0.4) is 0 Å². The Bertz CT molecular complexity index is 783. The summed E-state index contributed by atoms with van der Waals surface area (Å²) >= 11 is 0. The zero-order valence-corrected chi connectivity index (χ0v) is 15.4. The summed E-state index contributed by atoms with van der Waals surface area (Å²) in [6.45, 7) is 6.17. The molecule has 0 aliphatic heterocycles. The molecule has 4 nitrogen and oxygen atoms in total. The van der Waals surface area contributed by atoms with E-state index in [-0.39, 0.29) is 11.4 Å². The second-order valence-corrected chi connectivity index (χ2v) is 6.67. The molecule has 0 N–H and O–H groups in total. The van der Waals surface area contributed by atoms with Crippen molar-refractivity contribution in [2.45, 2.75) is 20.8 Å². The monoisotopic (exact) mass is 336 g/mol. The number of para-hydroxylation sites is 2. The fraction of sp³-hybridized carbons (Fsp3) is 0.286. The second kappa shape index (κ2) is 7.87. The lowest BCUT2D eigenvalue weighted by Gasteiger charge is -2.26. The van der Waals surface area contributed by atoms with Gasteiger partial charge in [-0.1, -0.05) is 42.2 Å². The van der Waals surface area contributed by atoms with Gasteiger partial charge in [0.25, 0.3) is 0 Å². The van der Waals surface area contributed by atoms with Crippen molar-refractivity contribution in [1.82, 2.24) is 0 Å². The number of anilines is 2. The number of hydroxylamine groups is 1. The van der Waals surface area contributed by atoms with Crippen LogP contribution in [-0.2, 0) is 4.84 Å². The molecule has 2 rings (SSSR count). The largest absolute Gasteiger partial charge is 0.352 e. The molecule has 25 heavy (non-hydrogen) atoms. The van der Waals surface area contributed by atoms with Crippen molar-refractivity contribution < 1.29 is 9.63 Å². The molecule has 2 amide bonds. The highest BCUT2D eigenvalue weighted by Gasteiger charge is 2.22. The number of hydrogen-bond donors (Lipinski definition) is 0. The van der Waals surface area contributed by atoms with Gasteiger partial charge in [0.05, 0.1) is 18.5 Å². The van der Waals surface area contributed by atoms with Crippen LogP contribution in [0.1, 0.15) is 26.3 Å². The third-order valence-electron chi connectivity index (χ3n) is 3.47. The molecule has 4 heteroatoms. The molecule has 0 heterocycles. The van der Waals surface area contributed by atoms with Gasteiger partial charge in [-0.2, -0.15) is 5.06 Å². The van der Waals surface area contributed by atoms with Crippen LogP contribution >= 0.6 is 0 Å². The van der Waals surface area contributed by atoms with Crippen LogP contribution in [0.25, 0.3) is 0 Å². The molecule has 130 valence electrons. The molecule has 0 saturated carbocycles. The van der Waals surface area contributed by atoms with Gasteiger partial charge in [0.15, 0.2) is 0 Å². The highest BCUT2D eigenvalue weighted by molar-refractivity contribution is 6.02. The lowest BCUT2D eigenvalue weighted by atomic mass is 9.97. The third-order valence-corrected chi connectivity index (χ3v) is 3.47. The molecule has 2 aromatic carbocycles. The van der Waals surface area contributed by atoms with Crippen molar-refractivity contribution in [3.63, 3.8) is 0 Å². The SMILES string of the molecule is CON(C(=O)N(C)c1ccccc1C#CC(C)(C)C)c1ccccc1. The first kappa shape index (κ1) is 18.6. The second-order valence-electron chi connectivity index (χ2n) is 6.67. The summed E-state index contributed by atoms with van der Waals surface area (Å²) in [6, 6.07) is 16.6. The average molecular weight is 336 g/mol. The maximum atomic E-state index is 12.9. The molecule has 0 fully saturated rings. The molecular weight excluding hydrogens is 312 g/mol. The Kier molecular flexibility index (Phi) is 5.84. The van der Waals surface area contributed by atoms with E-state index in [1.165, 1.54) is 12.2 Å². The van der Waals surface area contributed by atoms with Gasteiger partial charge < -0.3 is 0 Å². The Labute approximate surface area is 150 Å². The summed E-state index contributed by atoms with van der Waals surface area (Å²) in [5, 5.41) is 1.26. The number of amides is 2. The number of urea groups is 1. The topological polar surface area (TPSA) is 32.8 Å². The number of benzene rings is 2. The molecule has 0 unspecified atom stereocenters. The lowest BCUT2D eigenvalue weighted by molar-refractivity contribution is 0.167. The maximum absolute atomic E-state index is 12.9. The third kappa shape index (κ3) is 4.85. The Hall–Kier alpha value is -2.77. The van der Waals surface area contributed by atoms with Gasteiger partial charge in [-0.25, -0.2) is 4.79 Å². The molecule has 0 radical (unpaired) electrons. The minimum absolute atomic E-state index is 0.113. The van der Waals surface area contributed by atoms with E-state index >= 15 is 0 Å². The Morgan fingerprint density at radius 1 is 1.00 bits per heavy atom. The predicted octanol–water partition coefficient (Wildman–Crippen LogP) is 4.71. The highest BCUT2D eigenvalue weighted by Crippen LogP contribution is 2.23. The van der Waals surface area contributed by atoms with Gasteiger partial charge in [-0.05, 0) is 45.0 Å². The molecule has 0 spiro atoms. The number of hydrogen-bond acceptors (Lipinski definition) is 2. The van der Waals surface area contributed by atoms with Crippen LogP contribution in [0.4, 0.5) is 16.2 Å². The molecule has 0 atom stereocenters. The molecule has 0 saturated heterocycles. The summed E-state index contributed by atoms with van der Waals surface area (Å²) in [5.41, 5.74) is 2.10. The van der Waals surface area contributed by atoms with Crippen molar-refractivity contribution in [2.75, 3.05) is 24.1 Å². The van der Waals surface area contributed by atoms with Crippen LogP contribution in [0, 0.1) is 17.3 Å². The van der Waals surface area contributed by atoms with E-state index < -0.39 is 0 Å². The van der Waals surface area contributed by atoms with Crippen molar-refractivity contribution in [2.24, 2.45) is 5.41 Å². The van der Waals surface area contributed by atoms with E-state index in [0.29, 0.717) is 5.69 Å². The number of carbonyl (C=O) groups excluding carboxylic acids is 1. The lowest BCUT2D eigenvalue weighted by Crippen LogP contribution is -2.41. The summed E-state index contributed by atoms with van der Waals surface area (Å²) in [7, 11) is 3.19. The van der Waals surface area contributed by atoms with Crippen LogP contribution in [0.2, 0.25) is 0 Å². The van der Waals surface area contributed by atoms with E-state index in [1.54, 1.807) is 11.9 Å². The standard InChI is InChI=1S/C21H24N2O2/c1-21(2,3)16-15-17-11-9-10-14-19(17)22(4)20(24)23(25-5)18-12-7-6-8-13-18/h6-14H,1-5H3. The Morgan fingerprint density at radius 2 is 1.60 bits per heavy atom. The fourth-order valence-electron chi connectivity index (χ4n) is 2.22. The number of nitrogens with zero attached hydrogens (tertiary/aromatic N) is 2. The first-order valence-electron chi connectivity index (χ1n) is 8.12. The van der Waals surface area contributed by atoms with Gasteiger partial charge in [0.2, 0.25) is 0 Å². The number of carbonyl (C=O) groups is 1. The maximum Gasteiger partial charge on any atom is 0.352 e. The average Bonchev–Trinajstić information content (AvgIpc) is 2.60. The summed E-state index contributed by atoms with van der Waals surface area (Å²) in [5.74, 6) is 6.40. The van der Waals surface area contributed by atoms with Crippen LogP contribution in [0.15, 0.2) is 54.6 Å². The summed E-state index contributed by atoms with van der Waals surface area (Å²) < 4.78 is 0. The van der Waals surface area contributed by atoms with Gasteiger partial charge in [-0.15, -0.1) is 0 Å². The van der Waals surface area contributed by atoms with E-state index in [4.69, 9.17) is 4.84 Å². The minimum Gasteiger partial charge on any atom is -0.294 e. The van der Waals surface area contributed by atoms with Crippen LogP contribution in [0.5, 0.6) is 0 Å². The summed E-state index contributed by atoms with van der Waals surface area (Å²) in [4.78, 5) is 19.8. The van der Waals surface area contributed by atoms with Gasteiger partial charge >= 0.3 is 6.03 Å². The predicted molar refractivity (Wildman–Crippen MR) is 103 cm³/mol. The quantitative estimate of drug-likeness (QED) is 0.601. The Morgan fingerprint density at radius 3 is 2.20 bits per heavy atom. The zero-order valence-electron chi connectivity index (χ0n) is 15.4. The summed E-state index contributed by atoms with van der Waals surface area (Å²) in [6.07, 6.45) is 0. The number of rotatable bonds is 3. The normalized spacial score (nSPS) is 10.6. The van der Waals surface area contributed by atoms with E-state index in [0.717, 1.165) is 11.3 Å². The smallest absolute Gasteiger partial charge is 0.294 e. The van der Waals surface area contributed by atoms with Crippen molar-refractivity contribution >= 4 is 17.4 Å². The van der Waals surface area contributed by atoms with Crippen molar-refractivity contribution in [1.29, 1.82) is 0 Å². The molecule has 0 aliphatic rings. The molecular formula is C21H24N2O2. The van der Waals surface area contributed by atoms with E-state index in [1.807, 2.05) is 54.6 Å². The first-order chi connectivity index (χ1) is 11.8. The van der Waals surface area contributed by atoms with Gasteiger partial charge in [0, 0.05) is 18.0 Å². The molecule has 0 aliphatic carbocycles. The van der Waals surface area contributed by atoms with E-state index in [9.17, 15) is 4.79 Å². The highest BCUT2D eigenvalue weighted by atomic mass is 16.7. The van der Waals surface area contributed by atoms with Crippen LogP contribution in [-0.4, -0.2) is 20.2 Å². The van der Waals surface area contributed by atoms with Crippen molar-refractivity contribution in [3.05, 3.63) is 60.2 Å². The molecule has 0 aromatic heterocycles. The van der Waals surface area contributed by atoms with Gasteiger partial charge in [0.1, 0.15) is 0 Å². The fourth-order valence-corrected chi connectivity index (χ4v) is 2.22. The first-order valence-corrected chi connectivity index (χ1v) is 8.12. The minimum atomic E-state index is -0.293. The molecule has 2 aromatic rings. The Balaban J connectivity index is 2.35. The molecule has 0 bridgehead atoms. The van der Waals surface area contributed by atoms with Gasteiger partial charge in [-0.3, -0.25) is 9.74 Å². The van der Waals surface area contributed by atoms with Crippen LogP contribution < -0.4 is 9.96 Å². The zero-order chi connectivity index (χ0) is 18.4. The van der Waals surface area contributed by atoms with Crippen molar-refractivity contribution in [3.8, 4) is 11.8 Å².